The van der Waals surface area contributed by atoms with Crippen LogP contribution in [0, 0.1) is 26.8 Å². The molecular formula is C42H33F3IrNO2-. The molecule has 249 valence electrons. The van der Waals surface area contributed by atoms with E-state index in [-0.39, 0.29) is 37.0 Å². The number of hydrogen-bond acceptors (Lipinski definition) is 3. The molecule has 0 aliphatic heterocycles. The van der Waals surface area contributed by atoms with Gasteiger partial charge < -0.3 is 5.11 Å². The van der Waals surface area contributed by atoms with Gasteiger partial charge in [0.05, 0.1) is 5.76 Å². The molecule has 6 aromatic carbocycles. The van der Waals surface area contributed by atoms with Crippen LogP contribution in [-0.4, -0.2) is 15.9 Å². The first kappa shape index (κ1) is 35.5. The Bertz CT molecular complexity index is 2400. The molecule has 1 N–H and O–H groups in total. The number of aliphatic hydroxyl groups excluding tert-OH is 1. The number of alkyl halides is 3. The van der Waals surface area contributed by atoms with Gasteiger partial charge in [0.15, 0.2) is 5.78 Å². The van der Waals surface area contributed by atoms with Gasteiger partial charge in [-0.25, -0.2) is 0 Å². The number of benzene rings is 6. The number of carbonyl (C=O) groups is 1. The topological polar surface area (TPSA) is 50.2 Å². The van der Waals surface area contributed by atoms with Crippen molar-refractivity contribution in [1.82, 2.24) is 4.98 Å². The summed E-state index contributed by atoms with van der Waals surface area (Å²) in [5, 5.41) is 15.0. The molecule has 7 heteroatoms. The minimum absolute atomic E-state index is 0. The predicted molar refractivity (Wildman–Crippen MR) is 190 cm³/mol. The molecule has 3 nitrogen and oxygen atoms in total. The van der Waals surface area contributed by atoms with Gasteiger partial charge in [-0.2, -0.15) is 13.2 Å². The summed E-state index contributed by atoms with van der Waals surface area (Å²) in [6, 6.07) is 32.1. The first-order chi connectivity index (χ1) is 22.8. The first-order valence-electron chi connectivity index (χ1n) is 15.5. The summed E-state index contributed by atoms with van der Waals surface area (Å²) in [6.07, 6.45) is -1.65. The number of aliphatic hydroxyl groups is 1. The third kappa shape index (κ3) is 7.14. The molecule has 0 saturated heterocycles. The number of aryl methyl sites for hydroxylation is 3. The summed E-state index contributed by atoms with van der Waals surface area (Å²) in [6.45, 7) is 9.28. The number of halogens is 3. The number of ketones is 1. The quantitative estimate of drug-likeness (QED) is 0.0835. The zero-order valence-corrected chi connectivity index (χ0v) is 30.0. The minimum Gasteiger partial charge on any atom is -0.512 e. The molecule has 49 heavy (non-hydrogen) atoms. The van der Waals surface area contributed by atoms with Crippen LogP contribution in [0.15, 0.2) is 109 Å². The van der Waals surface area contributed by atoms with E-state index < -0.39 is 11.7 Å². The number of aromatic nitrogens is 1. The number of carbonyl (C=O) groups excluding carboxylic acids is 1. The molecule has 0 atom stereocenters. The fourth-order valence-electron chi connectivity index (χ4n) is 6.70. The molecule has 7 rings (SSSR count). The normalized spacial score (nSPS) is 11.8. The largest absolute Gasteiger partial charge is 0.512 e. The summed E-state index contributed by atoms with van der Waals surface area (Å²) in [5.41, 5.74) is 6.36. The summed E-state index contributed by atoms with van der Waals surface area (Å²) in [7, 11) is 0. The second-order valence-electron chi connectivity index (χ2n) is 12.2. The third-order valence-electron chi connectivity index (χ3n) is 8.47. The van der Waals surface area contributed by atoms with Crippen LogP contribution in [-0.2, 0) is 31.1 Å². The van der Waals surface area contributed by atoms with E-state index in [0.717, 1.165) is 32.3 Å². The van der Waals surface area contributed by atoms with Crippen molar-refractivity contribution in [3.63, 3.8) is 0 Å². The molecule has 0 unspecified atom stereocenters. The molecule has 0 aliphatic carbocycles. The smallest absolute Gasteiger partial charge is 0.403 e. The molecular weight excluding hydrogens is 800 g/mol. The van der Waals surface area contributed by atoms with Crippen molar-refractivity contribution in [1.29, 1.82) is 0 Å². The van der Waals surface area contributed by atoms with E-state index in [1.165, 1.54) is 59.9 Å². The summed E-state index contributed by atoms with van der Waals surface area (Å²) >= 11 is 0. The molecule has 0 fully saturated rings. The van der Waals surface area contributed by atoms with Gasteiger partial charge in [0.2, 0.25) is 0 Å². The zero-order chi connectivity index (χ0) is 34.3. The minimum atomic E-state index is -4.49. The van der Waals surface area contributed by atoms with E-state index >= 15 is 0 Å². The number of nitrogens with zero attached hydrogens (tertiary/aromatic N) is 1. The van der Waals surface area contributed by atoms with Gasteiger partial charge in [-0.1, -0.05) is 83.2 Å². The van der Waals surface area contributed by atoms with Crippen LogP contribution >= 0.6 is 0 Å². The Morgan fingerprint density at radius 3 is 2.02 bits per heavy atom. The van der Waals surface area contributed by atoms with Crippen molar-refractivity contribution in [3.8, 4) is 22.4 Å². The molecule has 1 aromatic heterocycles. The average molecular weight is 833 g/mol. The van der Waals surface area contributed by atoms with Crippen LogP contribution in [0.2, 0.25) is 0 Å². The number of pyridine rings is 1. The van der Waals surface area contributed by atoms with Crippen LogP contribution < -0.4 is 0 Å². The van der Waals surface area contributed by atoms with E-state index in [9.17, 15) is 18.0 Å². The van der Waals surface area contributed by atoms with Gasteiger partial charge in [-0.05, 0) is 107 Å². The van der Waals surface area contributed by atoms with Crippen molar-refractivity contribution in [2.75, 3.05) is 0 Å². The van der Waals surface area contributed by atoms with E-state index in [1.54, 1.807) is 24.4 Å². The number of rotatable bonds is 3. The molecule has 0 amide bonds. The second-order valence-corrected chi connectivity index (χ2v) is 12.2. The van der Waals surface area contributed by atoms with Crippen molar-refractivity contribution < 1.29 is 43.2 Å². The monoisotopic (exact) mass is 833 g/mol. The van der Waals surface area contributed by atoms with Crippen LogP contribution in [0.25, 0.3) is 65.5 Å². The molecule has 0 bridgehead atoms. The van der Waals surface area contributed by atoms with Gasteiger partial charge in [0, 0.05) is 38.1 Å². The Labute approximate surface area is 296 Å². The third-order valence-corrected chi connectivity index (χ3v) is 8.47. The standard InChI is InChI=1S/C37H25F3N.C5H8O2.Ir/c1-21-16-22(2)35(23(3)17-21)26-9-10-28-25(18-26)8-11-31-30(28)12-13-33-32(31)14-15-41-36(33)27-19-24-6-4-5-7-29(24)34(20-27)37(38,39)40;1-4(6)3-5(2)7;/h4-18,20H,1-3H3;3,6H,1-2H3;/q-1;;/b;4-3-;. The Morgan fingerprint density at radius 1 is 0.755 bits per heavy atom. The van der Waals surface area contributed by atoms with Crippen LogP contribution in [0.3, 0.4) is 0 Å². The molecule has 0 saturated carbocycles. The summed E-state index contributed by atoms with van der Waals surface area (Å²) in [5.74, 6) is -0.0625. The van der Waals surface area contributed by atoms with Crippen molar-refractivity contribution in [2.45, 2.75) is 40.8 Å². The van der Waals surface area contributed by atoms with Crippen molar-refractivity contribution in [3.05, 3.63) is 137 Å². The maximum atomic E-state index is 14.0. The van der Waals surface area contributed by atoms with Gasteiger partial charge in [-0.3, -0.25) is 9.78 Å². The zero-order valence-electron chi connectivity index (χ0n) is 27.6. The van der Waals surface area contributed by atoms with Gasteiger partial charge in [0.25, 0.3) is 0 Å². The van der Waals surface area contributed by atoms with Crippen LogP contribution in [0.1, 0.15) is 36.1 Å². The maximum absolute atomic E-state index is 14.0. The Hall–Kier alpha value is -4.84. The van der Waals surface area contributed by atoms with E-state index in [0.29, 0.717) is 16.6 Å². The SMILES string of the molecule is CC(=O)/C=C(/C)O.Cc1cc(C)c(-c2ccc3c(ccc4c5ccnc(-c6[c-]c7ccccc7c(C(F)(F)F)c6)c5ccc34)c2)c(C)c1.[Ir]. The number of fused-ring (bicyclic) bond motifs is 6. The second kappa shape index (κ2) is 13.9. The van der Waals surface area contributed by atoms with Gasteiger partial charge >= 0.3 is 6.18 Å². The molecule has 0 aliphatic rings. The van der Waals surface area contributed by atoms with Gasteiger partial charge in [-0.15, -0.1) is 23.6 Å². The Balaban J connectivity index is 0.000000532. The average Bonchev–Trinajstić information content (AvgIpc) is 3.02. The summed E-state index contributed by atoms with van der Waals surface area (Å²) < 4.78 is 42.1. The first-order valence-corrected chi connectivity index (χ1v) is 15.5. The Morgan fingerprint density at radius 2 is 1.37 bits per heavy atom. The molecule has 1 heterocycles. The Kier molecular flexibility index (Phi) is 10.1. The number of hydrogen-bond donors (Lipinski definition) is 1. The van der Waals surface area contributed by atoms with E-state index in [1.807, 2.05) is 12.1 Å². The molecule has 0 spiro atoms. The van der Waals surface area contributed by atoms with Crippen LogP contribution in [0.5, 0.6) is 0 Å². The fraction of sp³-hybridized carbons (Fsp3) is 0.143. The summed E-state index contributed by atoms with van der Waals surface area (Å²) in [4.78, 5) is 14.6. The fourth-order valence-corrected chi connectivity index (χ4v) is 6.70. The van der Waals surface area contributed by atoms with Crippen molar-refractivity contribution >= 4 is 48.9 Å². The van der Waals surface area contributed by atoms with Crippen LogP contribution in [0.4, 0.5) is 13.2 Å². The maximum Gasteiger partial charge on any atom is 0.403 e. The molecule has 7 aromatic rings. The predicted octanol–water partition coefficient (Wildman–Crippen LogP) is 11.8. The van der Waals surface area contributed by atoms with E-state index in [2.05, 4.69) is 80.4 Å². The van der Waals surface area contributed by atoms with Crippen molar-refractivity contribution in [2.24, 2.45) is 0 Å². The van der Waals surface area contributed by atoms with E-state index in [4.69, 9.17) is 5.11 Å². The van der Waals surface area contributed by atoms with Gasteiger partial charge in [0.1, 0.15) is 0 Å². The number of allylic oxidation sites excluding steroid dienone is 2. The molecule has 1 radical (unpaired) electrons.